The summed E-state index contributed by atoms with van der Waals surface area (Å²) in [6.07, 6.45) is 37.1. The van der Waals surface area contributed by atoms with Gasteiger partial charge < -0.3 is 35.3 Å². The van der Waals surface area contributed by atoms with Gasteiger partial charge in [-0.05, 0) is 81.1 Å². The van der Waals surface area contributed by atoms with Crippen LogP contribution in [0.25, 0.3) is 0 Å². The van der Waals surface area contributed by atoms with E-state index in [-0.39, 0.29) is 18.8 Å². The summed E-state index contributed by atoms with van der Waals surface area (Å²) in [5, 5.41) is 28.2. The van der Waals surface area contributed by atoms with Crippen molar-refractivity contribution in [1.29, 1.82) is 0 Å². The number of allylic oxidation sites excluding steroid dienone is 4. The molecule has 2 unspecified atom stereocenters. The Morgan fingerprint density at radius 2 is 0.968 bits per heavy atom. The highest BCUT2D eigenvalue weighted by atomic mass is 31.1. The minimum atomic E-state index is -2.72. The number of aliphatic hydroxyl groups is 2. The molecule has 0 aliphatic rings. The van der Waals surface area contributed by atoms with Crippen LogP contribution in [0.5, 0.6) is 0 Å². The molecule has 5 atom stereocenters. The van der Waals surface area contributed by atoms with Crippen LogP contribution in [0.4, 0.5) is 0 Å². The van der Waals surface area contributed by atoms with E-state index >= 15 is 0 Å². The summed E-state index contributed by atoms with van der Waals surface area (Å²) in [6.45, 7) is 7.00. The Morgan fingerprint density at radius 1 is 0.587 bits per heavy atom. The van der Waals surface area contributed by atoms with Crippen molar-refractivity contribution < 1.29 is 58.2 Å². The first-order chi connectivity index (χ1) is 30.3. The number of carboxylic acids is 1. The molecule has 0 amide bonds. The number of nitrogens with two attached hydrogens (primary N) is 1. The second kappa shape index (κ2) is 45.8. The van der Waals surface area contributed by atoms with Crippen LogP contribution in [0.3, 0.4) is 0 Å². The van der Waals surface area contributed by atoms with Crippen molar-refractivity contribution in [3.63, 3.8) is 0 Å². The van der Waals surface area contributed by atoms with Crippen LogP contribution in [0.15, 0.2) is 24.3 Å². The van der Waals surface area contributed by atoms with E-state index in [0.29, 0.717) is 19.3 Å². The smallest absolute Gasteiger partial charge is 0.480 e. The first-order valence-corrected chi connectivity index (χ1v) is 25.6. The maximum atomic E-state index is 12.8. The highest BCUT2D eigenvalue weighted by molar-refractivity contribution is 7.35. The van der Waals surface area contributed by atoms with Gasteiger partial charge in [-0.25, -0.2) is 0 Å². The summed E-state index contributed by atoms with van der Waals surface area (Å²) in [5.74, 6) is -3.06. The molecule has 0 radical (unpaired) electrons. The Hall–Kier alpha value is -2.74. The Bertz CT molecular complexity index is 1200. The molecular weight excluding hydrogens is 828 g/mol. The lowest BCUT2D eigenvalue weighted by molar-refractivity contribution is -0.219. The zero-order valence-electron chi connectivity index (χ0n) is 39.7. The quantitative estimate of drug-likeness (QED) is 0.0110. The zero-order chi connectivity index (χ0) is 47.4. The SMILES string of the molecule is CCCCCCCC/C=C\CCCCCCCC(=O)OC(OC(=O)[C@@H](N)CC(C)C)[C@H](CO)OC(=O)CCCCCCC/C=C\CCCCCCCC.O=C(O)[C@H](CO)N[P+](=O)O. The molecule has 0 saturated heterocycles. The van der Waals surface area contributed by atoms with E-state index in [1.165, 1.54) is 89.9 Å². The van der Waals surface area contributed by atoms with Gasteiger partial charge in [-0.2, -0.15) is 0 Å². The van der Waals surface area contributed by atoms with Crippen molar-refractivity contribution in [2.24, 2.45) is 11.7 Å². The summed E-state index contributed by atoms with van der Waals surface area (Å²) in [4.78, 5) is 56.3. The van der Waals surface area contributed by atoms with Crippen LogP contribution in [0, 0.1) is 5.92 Å². The van der Waals surface area contributed by atoms with E-state index in [1.807, 2.05) is 13.8 Å². The number of aliphatic carboxylic acids is 1. The molecule has 0 heterocycles. The van der Waals surface area contributed by atoms with Gasteiger partial charge >= 0.3 is 32.1 Å². The summed E-state index contributed by atoms with van der Waals surface area (Å²) in [5.41, 5.74) is 6.02. The molecule has 0 rings (SSSR count). The van der Waals surface area contributed by atoms with Crippen molar-refractivity contribution in [3.8, 4) is 0 Å². The van der Waals surface area contributed by atoms with Gasteiger partial charge in [-0.1, -0.05) is 160 Å². The van der Waals surface area contributed by atoms with Crippen LogP contribution in [-0.4, -0.2) is 81.8 Å². The molecule has 0 fully saturated rings. The molecule has 0 aromatic heterocycles. The Morgan fingerprint density at radius 3 is 1.30 bits per heavy atom. The van der Waals surface area contributed by atoms with Crippen LogP contribution >= 0.6 is 8.18 Å². The first-order valence-electron chi connectivity index (χ1n) is 24.3. The number of carbonyl (C=O) groups is 4. The molecule has 0 bridgehead atoms. The minimum Gasteiger partial charge on any atom is -0.480 e. The average molecular weight is 918 g/mol. The molecule has 368 valence electrons. The average Bonchev–Trinajstić information content (AvgIpc) is 3.24. The number of carbonyl (C=O) groups excluding carboxylic acids is 3. The number of esters is 3. The molecule has 0 aliphatic heterocycles. The molecule has 7 N–H and O–H groups in total. The van der Waals surface area contributed by atoms with Crippen molar-refractivity contribution >= 4 is 32.1 Å². The highest BCUT2D eigenvalue weighted by Crippen LogP contribution is 2.17. The molecule has 63 heavy (non-hydrogen) atoms. The van der Waals surface area contributed by atoms with Crippen LogP contribution in [-0.2, 0) is 38.0 Å². The fraction of sp³-hybridized carbons (Fsp3) is 0.833. The van der Waals surface area contributed by atoms with Crippen molar-refractivity contribution in [1.82, 2.24) is 5.09 Å². The molecule has 15 heteroatoms. The maximum absolute atomic E-state index is 12.8. The van der Waals surface area contributed by atoms with E-state index in [2.05, 4.69) is 38.2 Å². The van der Waals surface area contributed by atoms with Gasteiger partial charge in [0.25, 0.3) is 6.29 Å². The number of hydrogen-bond acceptors (Lipinski definition) is 11. The van der Waals surface area contributed by atoms with Gasteiger partial charge in [0.15, 0.2) is 12.1 Å². The summed E-state index contributed by atoms with van der Waals surface area (Å²) < 4.78 is 26.3. The predicted molar refractivity (Wildman–Crippen MR) is 251 cm³/mol. The Labute approximate surface area is 381 Å². The standard InChI is InChI=1S/C45H83NO7.C3H6NO5P/c1-5-7-9-11-13-15-17-19-21-23-25-27-29-31-33-35-42(48)51-41(38-47)45(53-44(50)40(46)37-39(3)4)52-43(49)36-34-32-30-28-26-24-22-20-18-16-14-12-10-8-6-2;5-1-2(3(6)7)4-10(8)9/h19-22,39-41,45,47H,5-18,23-38,46H2,1-4H3;2,5H,1H2,(H2-,4,6,7,8,9)/p+1/b21-19-,22-20-;/t40-,41-,45?;2-/m00/s1. The van der Waals surface area contributed by atoms with Gasteiger partial charge in [-0.3, -0.25) is 19.2 Å². The van der Waals surface area contributed by atoms with E-state index in [0.717, 1.165) is 64.2 Å². The fourth-order valence-electron chi connectivity index (χ4n) is 6.56. The predicted octanol–water partition coefficient (Wildman–Crippen LogP) is 10.4. The molecule has 0 aliphatic carbocycles. The van der Waals surface area contributed by atoms with Gasteiger partial charge in [-0.15, -0.1) is 4.89 Å². The summed E-state index contributed by atoms with van der Waals surface area (Å²) in [6, 6.07) is -2.29. The molecular formula is C48H90N2O12P+. The third-order valence-corrected chi connectivity index (χ3v) is 10.8. The van der Waals surface area contributed by atoms with Gasteiger partial charge in [0.05, 0.1) is 13.2 Å². The van der Waals surface area contributed by atoms with Crippen molar-refractivity contribution in [2.45, 2.75) is 238 Å². The number of carboxylic acid groups (broad SMARTS) is 1. The number of nitrogens with one attached hydrogen (secondary N) is 1. The highest BCUT2D eigenvalue weighted by Gasteiger charge is 2.33. The number of ether oxygens (including phenoxy) is 3. The molecule has 14 nitrogen and oxygen atoms in total. The molecule has 0 aromatic carbocycles. The molecule has 0 saturated carbocycles. The second-order valence-electron chi connectivity index (χ2n) is 16.9. The van der Waals surface area contributed by atoms with Gasteiger partial charge in [0.1, 0.15) is 6.04 Å². The third kappa shape index (κ3) is 42.9. The van der Waals surface area contributed by atoms with Crippen LogP contribution < -0.4 is 10.8 Å². The van der Waals surface area contributed by atoms with Crippen molar-refractivity contribution in [2.75, 3.05) is 13.2 Å². The van der Waals surface area contributed by atoms with Crippen molar-refractivity contribution in [3.05, 3.63) is 24.3 Å². The largest absolute Gasteiger partial charge is 0.611 e. The molecule has 0 spiro atoms. The zero-order valence-corrected chi connectivity index (χ0v) is 40.6. The minimum absolute atomic E-state index is 0.144. The van der Waals surface area contributed by atoms with E-state index in [1.54, 1.807) is 5.09 Å². The lowest BCUT2D eigenvalue weighted by Crippen LogP contribution is -2.44. The maximum Gasteiger partial charge on any atom is 0.611 e. The van der Waals surface area contributed by atoms with E-state index in [4.69, 9.17) is 35.1 Å². The number of aliphatic hydroxyl groups excluding tert-OH is 2. The second-order valence-corrected chi connectivity index (χ2v) is 17.7. The van der Waals surface area contributed by atoms with Crippen LogP contribution in [0.1, 0.15) is 214 Å². The normalized spacial score (nSPS) is 13.6. The fourth-order valence-corrected chi connectivity index (χ4v) is 7.02. The van der Waals surface area contributed by atoms with E-state index < -0.39 is 69.7 Å². The summed E-state index contributed by atoms with van der Waals surface area (Å²) >= 11 is 0. The van der Waals surface area contributed by atoms with E-state index in [9.17, 15) is 28.8 Å². The Kier molecular flexibility index (Phi) is 45.3. The first kappa shape index (κ1) is 62.3. The van der Waals surface area contributed by atoms with Gasteiger partial charge in [0, 0.05) is 12.8 Å². The lowest BCUT2D eigenvalue weighted by Gasteiger charge is -2.26. The molecule has 0 aromatic rings. The summed E-state index contributed by atoms with van der Waals surface area (Å²) in [7, 11) is -2.72. The topological polar surface area (TPSA) is 232 Å². The number of hydrogen-bond donors (Lipinski definition) is 6. The van der Waals surface area contributed by atoms with Gasteiger partial charge in [0.2, 0.25) is 0 Å². The lowest BCUT2D eigenvalue weighted by atomic mass is 10.1. The van der Waals surface area contributed by atoms with Crippen LogP contribution in [0.2, 0.25) is 0 Å². The third-order valence-electron chi connectivity index (χ3n) is 10.3. The number of rotatable bonds is 42. The Balaban J connectivity index is 0. The number of unbranched alkanes of at least 4 members (excludes halogenated alkanes) is 22. The monoisotopic (exact) mass is 918 g/mol.